The number of nitrogens with zero attached hydrogens (tertiary/aromatic N) is 2. The molecule has 2 aromatic rings. The molecule has 0 N–H and O–H groups in total. The average molecular weight is 334 g/mol. The molecule has 1 heterocycles. The van der Waals surface area contributed by atoms with Gasteiger partial charge in [0, 0.05) is 17.7 Å². The first-order valence-corrected chi connectivity index (χ1v) is 7.54. The van der Waals surface area contributed by atoms with E-state index < -0.39 is 10.9 Å². The number of nitro groups is 1. The summed E-state index contributed by atoms with van der Waals surface area (Å²) in [7, 11) is 0. The average Bonchev–Trinajstić information content (AvgIpc) is 2.96. The fourth-order valence-electron chi connectivity index (χ4n) is 2.33. The maximum Gasteiger partial charge on any atom is 0.363 e. The molecule has 0 fully saturated rings. The Morgan fingerprint density at radius 3 is 2.44 bits per heavy atom. The van der Waals surface area contributed by atoms with E-state index in [1.165, 1.54) is 24.3 Å². The standard InChI is InChI=1S/C19H14N2O4/c1-13(11-14-5-3-2-4-6-14)12-17-19(22)25-18(20-17)15-7-9-16(10-8-15)21(23)24/h2-12H,1H3/b13-11-,17-12-. The first-order valence-electron chi connectivity index (χ1n) is 7.54. The van der Waals surface area contributed by atoms with Crippen molar-refractivity contribution in [2.45, 2.75) is 6.92 Å². The lowest BCUT2D eigenvalue weighted by atomic mass is 10.1. The number of allylic oxidation sites excluding steroid dienone is 2. The minimum atomic E-state index is -0.547. The SMILES string of the molecule is CC(=C/c1ccccc1)/C=C1\N=C(c2ccc([N+](=O)[O-])cc2)OC1=O. The second-order valence-corrected chi connectivity index (χ2v) is 5.44. The van der Waals surface area contributed by atoms with Crippen LogP contribution in [0.2, 0.25) is 0 Å². The lowest BCUT2D eigenvalue weighted by Gasteiger charge is -1.98. The van der Waals surface area contributed by atoms with E-state index in [1.54, 1.807) is 6.08 Å². The van der Waals surface area contributed by atoms with Gasteiger partial charge >= 0.3 is 5.97 Å². The fraction of sp³-hybridized carbons (Fsp3) is 0.0526. The second-order valence-electron chi connectivity index (χ2n) is 5.44. The first-order chi connectivity index (χ1) is 12.0. The molecule has 0 saturated carbocycles. The molecular weight excluding hydrogens is 320 g/mol. The van der Waals surface area contributed by atoms with E-state index in [1.807, 2.05) is 43.3 Å². The van der Waals surface area contributed by atoms with Crippen LogP contribution in [-0.2, 0) is 9.53 Å². The van der Waals surface area contributed by atoms with Crippen molar-refractivity contribution < 1.29 is 14.5 Å². The number of hydrogen-bond acceptors (Lipinski definition) is 5. The zero-order valence-electron chi connectivity index (χ0n) is 13.4. The van der Waals surface area contributed by atoms with Crippen molar-refractivity contribution in [1.82, 2.24) is 0 Å². The van der Waals surface area contributed by atoms with Gasteiger partial charge in [-0.05, 0) is 36.3 Å². The number of esters is 1. The van der Waals surface area contributed by atoms with Crippen LogP contribution in [-0.4, -0.2) is 16.8 Å². The summed E-state index contributed by atoms with van der Waals surface area (Å²) in [6.07, 6.45) is 3.58. The fourth-order valence-corrected chi connectivity index (χ4v) is 2.33. The zero-order valence-corrected chi connectivity index (χ0v) is 13.4. The third-order valence-electron chi connectivity index (χ3n) is 3.50. The summed E-state index contributed by atoms with van der Waals surface area (Å²) in [6, 6.07) is 15.4. The van der Waals surface area contributed by atoms with E-state index in [9.17, 15) is 14.9 Å². The van der Waals surface area contributed by atoms with Crippen LogP contribution in [0.5, 0.6) is 0 Å². The van der Waals surface area contributed by atoms with Gasteiger partial charge in [-0.15, -0.1) is 0 Å². The van der Waals surface area contributed by atoms with Gasteiger partial charge in [0.05, 0.1) is 4.92 Å². The van der Waals surface area contributed by atoms with Crippen LogP contribution in [0.3, 0.4) is 0 Å². The van der Waals surface area contributed by atoms with E-state index in [2.05, 4.69) is 4.99 Å². The normalized spacial score (nSPS) is 15.9. The molecule has 1 aliphatic heterocycles. The van der Waals surface area contributed by atoms with Crippen molar-refractivity contribution in [3.63, 3.8) is 0 Å². The first kappa shape index (κ1) is 16.3. The molecule has 0 atom stereocenters. The van der Waals surface area contributed by atoms with Crippen molar-refractivity contribution in [2.24, 2.45) is 4.99 Å². The lowest BCUT2D eigenvalue weighted by Crippen LogP contribution is -2.05. The number of benzene rings is 2. The Kier molecular flexibility index (Phi) is 4.52. The molecule has 2 aromatic carbocycles. The van der Waals surface area contributed by atoms with Crippen LogP contribution in [0.4, 0.5) is 5.69 Å². The molecule has 124 valence electrons. The maximum atomic E-state index is 12.0. The number of carbonyl (C=O) groups excluding carboxylic acids is 1. The van der Waals surface area contributed by atoms with Crippen LogP contribution in [0.25, 0.3) is 6.08 Å². The van der Waals surface area contributed by atoms with Crippen molar-refractivity contribution in [3.05, 3.63) is 93.2 Å². The number of nitro benzene ring substituents is 1. The third-order valence-corrected chi connectivity index (χ3v) is 3.50. The Morgan fingerprint density at radius 1 is 1.12 bits per heavy atom. The summed E-state index contributed by atoms with van der Waals surface area (Å²) in [5.41, 5.74) is 2.53. The summed E-state index contributed by atoms with van der Waals surface area (Å²) in [5.74, 6) is -0.409. The van der Waals surface area contributed by atoms with Gasteiger partial charge in [-0.25, -0.2) is 9.79 Å². The molecule has 0 bridgehead atoms. The minimum Gasteiger partial charge on any atom is -0.402 e. The molecule has 6 heteroatoms. The van der Waals surface area contributed by atoms with Crippen LogP contribution in [0, 0.1) is 10.1 Å². The van der Waals surface area contributed by atoms with Gasteiger partial charge in [-0.2, -0.15) is 0 Å². The molecule has 25 heavy (non-hydrogen) atoms. The molecule has 1 aliphatic rings. The van der Waals surface area contributed by atoms with Crippen LogP contribution < -0.4 is 0 Å². The highest BCUT2D eigenvalue weighted by molar-refractivity contribution is 6.11. The maximum absolute atomic E-state index is 12.0. The van der Waals surface area contributed by atoms with Crippen LogP contribution in [0.1, 0.15) is 18.1 Å². The monoisotopic (exact) mass is 334 g/mol. The molecular formula is C19H14N2O4. The van der Waals surface area contributed by atoms with Crippen molar-refractivity contribution >= 4 is 23.6 Å². The molecule has 0 aromatic heterocycles. The Labute approximate surface area is 143 Å². The van der Waals surface area contributed by atoms with E-state index in [-0.39, 0.29) is 17.3 Å². The predicted octanol–water partition coefficient (Wildman–Crippen LogP) is 3.89. The Balaban J connectivity index is 1.84. The number of aliphatic imine (C=N–C) groups is 1. The van der Waals surface area contributed by atoms with E-state index in [0.29, 0.717) is 5.56 Å². The molecule has 0 unspecified atom stereocenters. The summed E-state index contributed by atoms with van der Waals surface area (Å²) in [6.45, 7) is 1.87. The molecule has 0 saturated heterocycles. The minimum absolute atomic E-state index is 0.0360. The van der Waals surface area contributed by atoms with E-state index in [0.717, 1.165) is 11.1 Å². The molecule has 0 amide bonds. The van der Waals surface area contributed by atoms with Crippen molar-refractivity contribution in [1.29, 1.82) is 0 Å². The Morgan fingerprint density at radius 2 is 1.80 bits per heavy atom. The van der Waals surface area contributed by atoms with Crippen LogP contribution >= 0.6 is 0 Å². The topological polar surface area (TPSA) is 81.8 Å². The molecule has 0 aliphatic carbocycles. The third kappa shape index (κ3) is 3.87. The quantitative estimate of drug-likeness (QED) is 0.368. The van der Waals surface area contributed by atoms with Gasteiger partial charge in [0.1, 0.15) is 0 Å². The predicted molar refractivity (Wildman–Crippen MR) is 93.9 cm³/mol. The van der Waals surface area contributed by atoms with Crippen molar-refractivity contribution in [3.8, 4) is 0 Å². The molecule has 0 radical (unpaired) electrons. The highest BCUT2D eigenvalue weighted by Gasteiger charge is 2.24. The van der Waals surface area contributed by atoms with Gasteiger partial charge in [-0.1, -0.05) is 36.4 Å². The van der Waals surface area contributed by atoms with Gasteiger partial charge in [0.25, 0.3) is 5.69 Å². The second kappa shape index (κ2) is 6.92. The Bertz CT molecular complexity index is 910. The molecule has 0 spiro atoms. The van der Waals surface area contributed by atoms with Gasteiger partial charge < -0.3 is 4.74 Å². The largest absolute Gasteiger partial charge is 0.402 e. The zero-order chi connectivity index (χ0) is 17.8. The van der Waals surface area contributed by atoms with Gasteiger partial charge in [0.15, 0.2) is 5.70 Å². The number of cyclic esters (lactones) is 1. The van der Waals surface area contributed by atoms with Crippen molar-refractivity contribution in [2.75, 3.05) is 0 Å². The summed E-state index contributed by atoms with van der Waals surface area (Å²) < 4.78 is 5.16. The summed E-state index contributed by atoms with van der Waals surface area (Å²) >= 11 is 0. The number of non-ortho nitro benzene ring substituents is 1. The highest BCUT2D eigenvalue weighted by Crippen LogP contribution is 2.20. The highest BCUT2D eigenvalue weighted by atomic mass is 16.6. The van der Waals surface area contributed by atoms with Gasteiger partial charge in [-0.3, -0.25) is 10.1 Å². The lowest BCUT2D eigenvalue weighted by molar-refractivity contribution is -0.384. The number of rotatable bonds is 4. The van der Waals surface area contributed by atoms with Crippen LogP contribution in [0.15, 0.2) is 76.9 Å². The number of ether oxygens (including phenoxy) is 1. The number of hydrogen-bond donors (Lipinski definition) is 0. The summed E-state index contributed by atoms with van der Waals surface area (Å²) in [5, 5.41) is 10.7. The smallest absolute Gasteiger partial charge is 0.363 e. The summed E-state index contributed by atoms with van der Waals surface area (Å²) in [4.78, 5) is 26.4. The van der Waals surface area contributed by atoms with E-state index >= 15 is 0 Å². The molecule has 6 nitrogen and oxygen atoms in total. The van der Waals surface area contributed by atoms with E-state index in [4.69, 9.17) is 4.74 Å². The van der Waals surface area contributed by atoms with Gasteiger partial charge in [0.2, 0.25) is 5.90 Å². The molecule has 3 rings (SSSR count). The number of carbonyl (C=O) groups is 1. The Hall–Kier alpha value is -3.54.